The lowest BCUT2D eigenvalue weighted by molar-refractivity contribution is -0.135. The van der Waals surface area contributed by atoms with Crippen LogP contribution in [0.5, 0.6) is 5.75 Å². The lowest BCUT2D eigenvalue weighted by Crippen LogP contribution is -2.38. The molecule has 0 unspecified atom stereocenters. The quantitative estimate of drug-likeness (QED) is 0.584. The number of aryl methyl sites for hydroxylation is 1. The number of hydrogen-bond donors (Lipinski definition) is 0. The van der Waals surface area contributed by atoms with Gasteiger partial charge in [0.15, 0.2) is 0 Å². The molecule has 0 radical (unpaired) electrons. The van der Waals surface area contributed by atoms with Crippen molar-refractivity contribution in [2.75, 3.05) is 13.7 Å². The van der Waals surface area contributed by atoms with Gasteiger partial charge in [0, 0.05) is 31.1 Å². The van der Waals surface area contributed by atoms with Crippen molar-refractivity contribution < 1.29 is 14.1 Å². The minimum absolute atomic E-state index is 0.0792. The molecule has 156 valence electrons. The summed E-state index contributed by atoms with van der Waals surface area (Å²) in [6, 6.07) is 13.5. The Morgan fingerprint density at radius 3 is 3.00 bits per heavy atom. The third-order valence-corrected chi connectivity index (χ3v) is 5.43. The van der Waals surface area contributed by atoms with Crippen molar-refractivity contribution in [3.05, 3.63) is 60.2 Å². The highest BCUT2D eigenvalue weighted by atomic mass is 16.5. The molecule has 0 bridgehead atoms. The molecule has 3 aromatic rings. The second kappa shape index (κ2) is 9.52. The monoisotopic (exact) mass is 406 g/mol. The van der Waals surface area contributed by atoms with Crippen LogP contribution in [0.15, 0.2) is 53.2 Å². The summed E-state index contributed by atoms with van der Waals surface area (Å²) in [5.74, 6) is 1.98. The molecular weight excluding hydrogens is 380 g/mol. The van der Waals surface area contributed by atoms with E-state index in [4.69, 9.17) is 9.26 Å². The highest BCUT2D eigenvalue weighted by molar-refractivity contribution is 5.76. The third-order valence-electron chi connectivity index (χ3n) is 5.43. The molecule has 7 nitrogen and oxygen atoms in total. The van der Waals surface area contributed by atoms with Crippen LogP contribution in [0.4, 0.5) is 0 Å². The Morgan fingerprint density at radius 2 is 2.17 bits per heavy atom. The highest BCUT2D eigenvalue weighted by Crippen LogP contribution is 2.30. The minimum atomic E-state index is 0.0792. The minimum Gasteiger partial charge on any atom is -0.497 e. The number of rotatable bonds is 7. The van der Waals surface area contributed by atoms with Gasteiger partial charge in [-0.3, -0.25) is 9.78 Å². The second-order valence-corrected chi connectivity index (χ2v) is 7.45. The molecule has 0 saturated carbocycles. The van der Waals surface area contributed by atoms with Crippen LogP contribution in [0.25, 0.3) is 11.4 Å². The number of aromatic nitrogens is 3. The number of hydrogen-bond acceptors (Lipinski definition) is 6. The van der Waals surface area contributed by atoms with Crippen molar-refractivity contribution in [3.8, 4) is 17.1 Å². The number of carbonyl (C=O) groups is 1. The molecule has 0 N–H and O–H groups in total. The number of likely N-dealkylation sites (tertiary alicyclic amines) is 1. The van der Waals surface area contributed by atoms with E-state index < -0.39 is 0 Å². The Bertz CT molecular complexity index is 973. The molecular formula is C23H26N4O3. The van der Waals surface area contributed by atoms with Crippen LogP contribution in [-0.2, 0) is 11.2 Å². The molecule has 1 atom stereocenters. The summed E-state index contributed by atoms with van der Waals surface area (Å²) in [6.07, 6.45) is 6.64. The van der Waals surface area contributed by atoms with Gasteiger partial charge in [0.2, 0.25) is 17.6 Å². The van der Waals surface area contributed by atoms with Crippen molar-refractivity contribution >= 4 is 5.91 Å². The fraction of sp³-hybridized carbons (Fsp3) is 0.391. The Balaban J connectivity index is 1.34. The standard InChI is InChI=1S/C23H26N4O3/c1-29-18-9-6-8-17(16-18)23-25-21(30-26-23)12-7-13-22(28)27-15-5-3-11-20(27)19-10-2-4-14-24-19/h2,4,6,8-10,14,16,20H,3,5,7,11-13,15H2,1H3/t20-/m0/s1. The molecule has 4 rings (SSSR count). The first-order valence-corrected chi connectivity index (χ1v) is 10.4. The first-order valence-electron chi connectivity index (χ1n) is 10.4. The van der Waals surface area contributed by atoms with Gasteiger partial charge >= 0.3 is 0 Å². The van der Waals surface area contributed by atoms with E-state index in [0.717, 1.165) is 42.8 Å². The normalized spacial score (nSPS) is 16.4. The molecule has 30 heavy (non-hydrogen) atoms. The summed E-state index contributed by atoms with van der Waals surface area (Å²) in [5.41, 5.74) is 1.82. The molecule has 1 amide bonds. The fourth-order valence-electron chi connectivity index (χ4n) is 3.88. The van der Waals surface area contributed by atoms with Gasteiger partial charge in [-0.15, -0.1) is 0 Å². The average molecular weight is 406 g/mol. The maximum atomic E-state index is 12.9. The van der Waals surface area contributed by atoms with E-state index in [1.807, 2.05) is 47.4 Å². The van der Waals surface area contributed by atoms with E-state index in [-0.39, 0.29) is 11.9 Å². The number of carbonyl (C=O) groups excluding carboxylic acids is 1. The molecule has 1 saturated heterocycles. The summed E-state index contributed by atoms with van der Waals surface area (Å²) >= 11 is 0. The Morgan fingerprint density at radius 1 is 1.23 bits per heavy atom. The van der Waals surface area contributed by atoms with Crippen LogP contribution < -0.4 is 4.74 Å². The Hall–Kier alpha value is -3.22. The van der Waals surface area contributed by atoms with Crippen molar-refractivity contribution in [2.45, 2.75) is 44.6 Å². The van der Waals surface area contributed by atoms with Crippen molar-refractivity contribution in [1.82, 2.24) is 20.0 Å². The average Bonchev–Trinajstić information content (AvgIpc) is 3.28. The van der Waals surface area contributed by atoms with Crippen molar-refractivity contribution in [2.24, 2.45) is 0 Å². The van der Waals surface area contributed by atoms with Gasteiger partial charge < -0.3 is 14.2 Å². The number of pyridine rings is 1. The molecule has 0 aliphatic carbocycles. The number of nitrogens with zero attached hydrogens (tertiary/aromatic N) is 4. The zero-order valence-corrected chi connectivity index (χ0v) is 17.2. The van der Waals surface area contributed by atoms with Crippen LogP contribution >= 0.6 is 0 Å². The number of benzene rings is 1. The van der Waals surface area contributed by atoms with Gasteiger partial charge in [0.1, 0.15) is 5.75 Å². The first kappa shape index (κ1) is 20.1. The molecule has 1 aromatic carbocycles. The van der Waals surface area contributed by atoms with Gasteiger partial charge in [-0.1, -0.05) is 23.4 Å². The number of amides is 1. The number of methoxy groups -OCH3 is 1. The van der Waals surface area contributed by atoms with E-state index in [1.54, 1.807) is 13.3 Å². The lowest BCUT2D eigenvalue weighted by Gasteiger charge is -2.35. The topological polar surface area (TPSA) is 81.4 Å². The zero-order chi connectivity index (χ0) is 20.8. The van der Waals surface area contributed by atoms with E-state index in [2.05, 4.69) is 15.1 Å². The SMILES string of the molecule is COc1cccc(-c2noc(CCCC(=O)N3CCCC[C@H]3c3ccccn3)n2)c1. The molecule has 3 heterocycles. The van der Waals surface area contributed by atoms with E-state index in [1.165, 1.54) is 0 Å². The first-order chi connectivity index (χ1) is 14.7. The largest absolute Gasteiger partial charge is 0.497 e. The maximum Gasteiger partial charge on any atom is 0.226 e. The number of piperidine rings is 1. The van der Waals surface area contributed by atoms with Gasteiger partial charge in [0.05, 0.1) is 18.8 Å². The molecule has 7 heteroatoms. The molecule has 1 fully saturated rings. The Kier molecular flexibility index (Phi) is 6.37. The van der Waals surface area contributed by atoms with Crippen LogP contribution in [0.2, 0.25) is 0 Å². The summed E-state index contributed by atoms with van der Waals surface area (Å²) in [5, 5.41) is 4.06. The molecule has 2 aromatic heterocycles. The van der Waals surface area contributed by atoms with E-state index >= 15 is 0 Å². The van der Waals surface area contributed by atoms with Gasteiger partial charge in [-0.2, -0.15) is 4.98 Å². The predicted molar refractivity (Wildman–Crippen MR) is 112 cm³/mol. The smallest absolute Gasteiger partial charge is 0.226 e. The number of ether oxygens (including phenoxy) is 1. The van der Waals surface area contributed by atoms with Crippen molar-refractivity contribution in [1.29, 1.82) is 0 Å². The van der Waals surface area contributed by atoms with Crippen LogP contribution in [0.3, 0.4) is 0 Å². The predicted octanol–water partition coefficient (Wildman–Crippen LogP) is 4.22. The maximum absolute atomic E-state index is 12.9. The van der Waals surface area contributed by atoms with Crippen LogP contribution in [-0.4, -0.2) is 39.6 Å². The molecule has 0 spiro atoms. The fourth-order valence-corrected chi connectivity index (χ4v) is 3.88. The summed E-state index contributed by atoms with van der Waals surface area (Å²) in [6.45, 7) is 0.792. The van der Waals surface area contributed by atoms with Gasteiger partial charge in [-0.05, 0) is 49.9 Å². The Labute approximate surface area is 176 Å². The zero-order valence-electron chi connectivity index (χ0n) is 17.2. The van der Waals surface area contributed by atoms with Crippen molar-refractivity contribution in [3.63, 3.8) is 0 Å². The van der Waals surface area contributed by atoms with Crippen LogP contribution in [0.1, 0.15) is 49.7 Å². The lowest BCUT2D eigenvalue weighted by atomic mass is 9.98. The summed E-state index contributed by atoms with van der Waals surface area (Å²) < 4.78 is 10.6. The molecule has 1 aliphatic heterocycles. The highest BCUT2D eigenvalue weighted by Gasteiger charge is 2.28. The van der Waals surface area contributed by atoms with Crippen LogP contribution in [0, 0.1) is 0 Å². The van der Waals surface area contributed by atoms with Gasteiger partial charge in [0.25, 0.3) is 0 Å². The van der Waals surface area contributed by atoms with E-state index in [9.17, 15) is 4.79 Å². The second-order valence-electron chi connectivity index (χ2n) is 7.45. The summed E-state index contributed by atoms with van der Waals surface area (Å²) in [4.78, 5) is 23.8. The van der Waals surface area contributed by atoms with Gasteiger partial charge in [-0.25, -0.2) is 0 Å². The third kappa shape index (κ3) is 4.67. The van der Waals surface area contributed by atoms with E-state index in [0.29, 0.717) is 31.0 Å². The summed E-state index contributed by atoms with van der Waals surface area (Å²) in [7, 11) is 1.62. The molecule has 1 aliphatic rings.